The van der Waals surface area contributed by atoms with E-state index in [0.717, 1.165) is 55.1 Å². The molecule has 0 spiro atoms. The molecule has 1 aliphatic rings. The van der Waals surface area contributed by atoms with E-state index in [1.807, 2.05) is 18.2 Å². The SMILES string of the molecule is O=C(Nc1ccc2c(c1)CCN(Cc1ncc[nH]1)C2)c1cc(C(F)(F)F)ccc1-c1ccccc1. The maximum Gasteiger partial charge on any atom is 0.416 e. The highest BCUT2D eigenvalue weighted by Crippen LogP contribution is 2.34. The fourth-order valence-corrected chi connectivity index (χ4v) is 4.40. The molecule has 5 nitrogen and oxygen atoms in total. The number of aromatic amines is 1. The molecule has 0 saturated carbocycles. The van der Waals surface area contributed by atoms with Crippen LogP contribution in [-0.2, 0) is 25.7 Å². The van der Waals surface area contributed by atoms with E-state index in [9.17, 15) is 18.0 Å². The molecule has 0 radical (unpaired) electrons. The molecular formula is C27H23F3N4O. The van der Waals surface area contributed by atoms with Gasteiger partial charge in [-0.1, -0.05) is 42.5 Å². The number of amides is 1. The van der Waals surface area contributed by atoms with Crippen molar-refractivity contribution in [1.29, 1.82) is 0 Å². The third-order valence-electron chi connectivity index (χ3n) is 6.16. The highest BCUT2D eigenvalue weighted by molar-refractivity contribution is 6.09. The maximum atomic E-state index is 13.4. The second kappa shape index (κ2) is 9.38. The first-order valence-electron chi connectivity index (χ1n) is 11.3. The summed E-state index contributed by atoms with van der Waals surface area (Å²) in [6.45, 7) is 2.33. The molecule has 0 atom stereocenters. The Kier molecular flexibility index (Phi) is 6.13. The molecular weight excluding hydrogens is 453 g/mol. The van der Waals surface area contributed by atoms with Crippen LogP contribution in [0.1, 0.15) is 32.9 Å². The largest absolute Gasteiger partial charge is 0.416 e. The molecule has 178 valence electrons. The van der Waals surface area contributed by atoms with Gasteiger partial charge in [0.05, 0.1) is 12.1 Å². The van der Waals surface area contributed by atoms with Crippen LogP contribution < -0.4 is 5.32 Å². The Morgan fingerprint density at radius 3 is 2.60 bits per heavy atom. The van der Waals surface area contributed by atoms with Crippen molar-refractivity contribution in [3.05, 3.63) is 107 Å². The molecule has 8 heteroatoms. The van der Waals surface area contributed by atoms with Gasteiger partial charge < -0.3 is 10.3 Å². The van der Waals surface area contributed by atoms with Crippen LogP contribution in [0.3, 0.4) is 0 Å². The normalized spacial score (nSPS) is 13.9. The zero-order chi connectivity index (χ0) is 24.4. The van der Waals surface area contributed by atoms with E-state index in [2.05, 4.69) is 20.2 Å². The molecule has 0 bridgehead atoms. The number of imidazole rings is 1. The number of nitrogens with one attached hydrogen (secondary N) is 2. The van der Waals surface area contributed by atoms with Gasteiger partial charge in [0.1, 0.15) is 5.82 Å². The Balaban J connectivity index is 1.38. The molecule has 1 amide bonds. The summed E-state index contributed by atoms with van der Waals surface area (Å²) in [5.74, 6) is 0.331. The highest BCUT2D eigenvalue weighted by atomic mass is 19.4. The number of rotatable bonds is 5. The third kappa shape index (κ3) is 5.12. The predicted octanol–water partition coefficient (Wildman–Crippen LogP) is 5.91. The number of fused-ring (bicyclic) bond motifs is 1. The number of carbonyl (C=O) groups excluding carboxylic acids is 1. The minimum atomic E-state index is -4.54. The predicted molar refractivity (Wildman–Crippen MR) is 128 cm³/mol. The summed E-state index contributed by atoms with van der Waals surface area (Å²) in [5.41, 5.74) is 3.08. The molecule has 2 heterocycles. The molecule has 2 N–H and O–H groups in total. The number of H-pyrrole nitrogens is 1. The van der Waals surface area contributed by atoms with Crippen LogP contribution >= 0.6 is 0 Å². The fraction of sp³-hybridized carbons (Fsp3) is 0.185. The Hall–Kier alpha value is -3.91. The van der Waals surface area contributed by atoms with Crippen LogP contribution in [0, 0.1) is 0 Å². The lowest BCUT2D eigenvalue weighted by atomic mass is 9.96. The Morgan fingerprint density at radius 2 is 1.86 bits per heavy atom. The smallest absolute Gasteiger partial charge is 0.348 e. The standard InChI is InChI=1S/C27H23F3N4O/c28-27(29,30)21-7-9-23(18-4-2-1-3-5-18)24(15-21)26(35)33-22-8-6-20-16-34(13-10-19(20)14-22)17-25-31-11-12-32-25/h1-9,11-12,14-15H,10,13,16-17H2,(H,31,32)(H,33,35). The van der Waals surface area contributed by atoms with Crippen molar-refractivity contribution < 1.29 is 18.0 Å². The number of alkyl halides is 3. The van der Waals surface area contributed by atoms with Crippen molar-refractivity contribution in [3.63, 3.8) is 0 Å². The average Bonchev–Trinajstić information content (AvgIpc) is 3.37. The van der Waals surface area contributed by atoms with Crippen molar-refractivity contribution in [1.82, 2.24) is 14.9 Å². The lowest BCUT2D eigenvalue weighted by Gasteiger charge is -2.28. The van der Waals surface area contributed by atoms with Gasteiger partial charge in [-0.3, -0.25) is 9.69 Å². The molecule has 0 aliphatic carbocycles. The van der Waals surface area contributed by atoms with E-state index in [1.54, 1.807) is 42.7 Å². The van der Waals surface area contributed by atoms with E-state index >= 15 is 0 Å². The number of benzene rings is 3. The molecule has 0 saturated heterocycles. The zero-order valence-corrected chi connectivity index (χ0v) is 18.8. The average molecular weight is 477 g/mol. The molecule has 4 aromatic rings. The quantitative estimate of drug-likeness (QED) is 0.377. The van der Waals surface area contributed by atoms with E-state index in [1.165, 1.54) is 6.07 Å². The summed E-state index contributed by atoms with van der Waals surface area (Å²) in [4.78, 5) is 22.9. The number of halogens is 3. The number of hydrogen-bond donors (Lipinski definition) is 2. The van der Waals surface area contributed by atoms with Gasteiger partial charge in [0.15, 0.2) is 0 Å². The van der Waals surface area contributed by atoms with Gasteiger partial charge in [0.25, 0.3) is 5.91 Å². The Bertz CT molecular complexity index is 1330. The molecule has 3 aromatic carbocycles. The second-order valence-corrected chi connectivity index (χ2v) is 8.56. The first kappa shape index (κ1) is 22.9. The number of carbonyl (C=O) groups is 1. The first-order chi connectivity index (χ1) is 16.9. The van der Waals surface area contributed by atoms with Crippen molar-refractivity contribution in [3.8, 4) is 11.1 Å². The monoisotopic (exact) mass is 476 g/mol. The van der Waals surface area contributed by atoms with Crippen LogP contribution in [0.5, 0.6) is 0 Å². The summed E-state index contributed by atoms with van der Waals surface area (Å²) in [5, 5.41) is 2.81. The Morgan fingerprint density at radius 1 is 1.03 bits per heavy atom. The summed E-state index contributed by atoms with van der Waals surface area (Å²) >= 11 is 0. The molecule has 1 aromatic heterocycles. The molecule has 0 fully saturated rings. The van der Waals surface area contributed by atoms with Gasteiger partial charge >= 0.3 is 6.18 Å². The van der Waals surface area contributed by atoms with Crippen molar-refractivity contribution in [2.45, 2.75) is 25.7 Å². The minimum Gasteiger partial charge on any atom is -0.348 e. The lowest BCUT2D eigenvalue weighted by Crippen LogP contribution is -2.30. The van der Waals surface area contributed by atoms with E-state index in [4.69, 9.17) is 0 Å². The van der Waals surface area contributed by atoms with E-state index in [0.29, 0.717) is 16.8 Å². The minimum absolute atomic E-state index is 0.0200. The highest BCUT2D eigenvalue weighted by Gasteiger charge is 2.32. The summed E-state index contributed by atoms with van der Waals surface area (Å²) < 4.78 is 40.2. The maximum absolute atomic E-state index is 13.4. The van der Waals surface area contributed by atoms with Gasteiger partial charge in [-0.2, -0.15) is 13.2 Å². The number of anilines is 1. The first-order valence-corrected chi connectivity index (χ1v) is 11.3. The van der Waals surface area contributed by atoms with Crippen LogP contribution in [0.4, 0.5) is 18.9 Å². The summed E-state index contributed by atoms with van der Waals surface area (Å²) in [7, 11) is 0. The summed E-state index contributed by atoms with van der Waals surface area (Å²) in [6.07, 6.45) is -0.207. The van der Waals surface area contributed by atoms with Gasteiger partial charge in [-0.15, -0.1) is 0 Å². The summed E-state index contributed by atoms with van der Waals surface area (Å²) in [6, 6.07) is 17.9. The second-order valence-electron chi connectivity index (χ2n) is 8.56. The Labute approximate surface area is 200 Å². The van der Waals surface area contributed by atoms with Gasteiger partial charge in [0, 0.05) is 36.7 Å². The van der Waals surface area contributed by atoms with Crippen LogP contribution in [-0.4, -0.2) is 27.3 Å². The topological polar surface area (TPSA) is 61.0 Å². The third-order valence-corrected chi connectivity index (χ3v) is 6.16. The van der Waals surface area contributed by atoms with Gasteiger partial charge in [-0.05, 0) is 52.9 Å². The van der Waals surface area contributed by atoms with Crippen LogP contribution in [0.25, 0.3) is 11.1 Å². The fourth-order valence-electron chi connectivity index (χ4n) is 4.40. The number of nitrogens with zero attached hydrogens (tertiary/aromatic N) is 2. The van der Waals surface area contributed by atoms with Crippen molar-refractivity contribution in [2.24, 2.45) is 0 Å². The molecule has 5 rings (SSSR count). The lowest BCUT2D eigenvalue weighted by molar-refractivity contribution is -0.137. The molecule has 1 aliphatic heterocycles. The molecule has 0 unspecified atom stereocenters. The van der Waals surface area contributed by atoms with Crippen molar-refractivity contribution in [2.75, 3.05) is 11.9 Å². The van der Waals surface area contributed by atoms with Gasteiger partial charge in [-0.25, -0.2) is 4.98 Å². The van der Waals surface area contributed by atoms with Crippen LogP contribution in [0.2, 0.25) is 0 Å². The van der Waals surface area contributed by atoms with Gasteiger partial charge in [0.2, 0.25) is 0 Å². The van der Waals surface area contributed by atoms with Crippen LogP contribution in [0.15, 0.2) is 79.1 Å². The molecule has 35 heavy (non-hydrogen) atoms. The van der Waals surface area contributed by atoms with Crippen molar-refractivity contribution >= 4 is 11.6 Å². The van der Waals surface area contributed by atoms with E-state index < -0.39 is 17.6 Å². The number of hydrogen-bond acceptors (Lipinski definition) is 3. The van der Waals surface area contributed by atoms with E-state index in [-0.39, 0.29) is 5.56 Å². The number of aromatic nitrogens is 2. The zero-order valence-electron chi connectivity index (χ0n) is 18.8.